The summed E-state index contributed by atoms with van der Waals surface area (Å²) >= 11 is 0. The molecule has 172 valence electrons. The van der Waals surface area contributed by atoms with Gasteiger partial charge in [-0.1, -0.05) is 49.4 Å². The molecule has 3 fully saturated rings. The molecule has 1 heterocycles. The first kappa shape index (κ1) is 24.3. The minimum atomic E-state index is -0.919. The van der Waals surface area contributed by atoms with Gasteiger partial charge in [0.25, 0.3) is 0 Å². The van der Waals surface area contributed by atoms with E-state index in [0.717, 1.165) is 37.9 Å². The molecule has 2 aliphatic carbocycles. The number of likely N-dealkylation sites (N-methyl/N-ethyl adjacent to an activating group) is 1. The molecule has 1 aliphatic heterocycles. The first-order chi connectivity index (χ1) is 14.2. The molecule has 31 heavy (non-hydrogen) atoms. The molecule has 0 aromatic heterocycles. The van der Waals surface area contributed by atoms with Crippen LogP contribution in [-0.4, -0.2) is 36.8 Å². The maximum Gasteiger partial charge on any atom is 0.315 e. The van der Waals surface area contributed by atoms with E-state index in [1.807, 2.05) is 37.3 Å². The summed E-state index contributed by atoms with van der Waals surface area (Å²) in [5, 5.41) is 11.1. The second-order valence-electron chi connectivity index (χ2n) is 10.5. The van der Waals surface area contributed by atoms with Crippen molar-refractivity contribution in [3.8, 4) is 0 Å². The van der Waals surface area contributed by atoms with Gasteiger partial charge in [0.15, 0.2) is 0 Å². The van der Waals surface area contributed by atoms with Gasteiger partial charge in [-0.2, -0.15) is 0 Å². The Labute approximate surface area is 193 Å². The predicted molar refractivity (Wildman–Crippen MR) is 118 cm³/mol. The van der Waals surface area contributed by atoms with Crippen LogP contribution in [0, 0.1) is 23.2 Å². The number of halogens is 1. The fraction of sp³-hybridized carbons (Fsp3) is 0.654. The molecule has 5 unspecified atom stereocenters. The van der Waals surface area contributed by atoms with E-state index in [9.17, 15) is 9.90 Å². The molecule has 0 radical (unpaired) electrons. The van der Waals surface area contributed by atoms with E-state index < -0.39 is 5.60 Å². The van der Waals surface area contributed by atoms with E-state index in [-0.39, 0.29) is 41.7 Å². The third-order valence-corrected chi connectivity index (χ3v) is 8.32. The Morgan fingerprint density at radius 1 is 1.32 bits per heavy atom. The highest BCUT2D eigenvalue weighted by Crippen LogP contribution is 2.56. The summed E-state index contributed by atoms with van der Waals surface area (Å²) in [6.07, 6.45) is 5.62. The number of ether oxygens (including phenoxy) is 1. The van der Waals surface area contributed by atoms with Crippen molar-refractivity contribution in [3.05, 3.63) is 48.0 Å². The lowest BCUT2D eigenvalue weighted by atomic mass is 9.55. The minimum absolute atomic E-state index is 0. The Morgan fingerprint density at radius 2 is 2.03 bits per heavy atom. The van der Waals surface area contributed by atoms with E-state index in [0.29, 0.717) is 12.5 Å². The van der Waals surface area contributed by atoms with Gasteiger partial charge in [-0.25, -0.2) is 0 Å². The highest BCUT2D eigenvalue weighted by molar-refractivity contribution is 5.75. The first-order valence-electron chi connectivity index (χ1n) is 11.7. The zero-order chi connectivity index (χ0) is 21.5. The molecular formula is C26H38ClNO3. The molecule has 1 saturated heterocycles. The number of nitrogens with one attached hydrogen (secondary N) is 1. The van der Waals surface area contributed by atoms with Crippen LogP contribution in [-0.2, 0) is 15.1 Å². The molecular weight excluding hydrogens is 410 g/mol. The summed E-state index contributed by atoms with van der Waals surface area (Å²) in [5.41, 5.74) is 1.62. The van der Waals surface area contributed by atoms with Gasteiger partial charge >= 0.3 is 5.97 Å². The third-order valence-electron chi connectivity index (χ3n) is 8.32. The smallest absolute Gasteiger partial charge is 0.315 e. The summed E-state index contributed by atoms with van der Waals surface area (Å²) in [7, 11) is 0. The van der Waals surface area contributed by atoms with Crippen LogP contribution in [0.5, 0.6) is 0 Å². The highest BCUT2D eigenvalue weighted by Gasteiger charge is 2.56. The van der Waals surface area contributed by atoms with E-state index in [1.165, 1.54) is 23.3 Å². The van der Waals surface area contributed by atoms with E-state index in [4.69, 9.17) is 4.74 Å². The molecule has 7 atom stereocenters. The van der Waals surface area contributed by atoms with Crippen LogP contribution in [0.1, 0.15) is 58.4 Å². The van der Waals surface area contributed by atoms with Gasteiger partial charge in [0.1, 0.15) is 24.2 Å². The monoisotopic (exact) mass is 447 g/mol. The Morgan fingerprint density at radius 3 is 2.71 bits per heavy atom. The average Bonchev–Trinajstić information content (AvgIpc) is 3.00. The fourth-order valence-electron chi connectivity index (χ4n) is 6.53. The minimum Gasteiger partial charge on any atom is -1.00 e. The average molecular weight is 448 g/mol. The number of benzene rings is 1. The standard InChI is InChI=1S/C26H37NO3.ClH/c1-5-27(17-26(4,29)19-11-7-6-8-12-19)16-21-20-14-22-18(2)10-9-13-25(22,3)15-23(20)30-24(21)28;/h6-8,11-12,20-23,29H,2,5,9-10,13-17H2,1,3-4H3;1H/t20-,21?,22?,23-,25?,26?;/m1./s1. The topological polar surface area (TPSA) is 51.0 Å². The SMILES string of the molecule is C=C1CCCC2(C)C[C@H]3OC(=O)C(C[NH+](CC)CC(C)(O)c4ccccc4)[C@H]3CC12.[Cl-]. The van der Waals surface area contributed by atoms with Crippen molar-refractivity contribution in [2.24, 2.45) is 23.2 Å². The van der Waals surface area contributed by atoms with Gasteiger partial charge in [-0.15, -0.1) is 0 Å². The van der Waals surface area contributed by atoms with Gasteiger partial charge in [0.05, 0.1) is 13.1 Å². The van der Waals surface area contributed by atoms with Crippen molar-refractivity contribution in [3.63, 3.8) is 0 Å². The Bertz CT molecular complexity index is 795. The van der Waals surface area contributed by atoms with Gasteiger partial charge in [0.2, 0.25) is 0 Å². The summed E-state index contributed by atoms with van der Waals surface area (Å²) < 4.78 is 5.94. The number of carbonyl (C=O) groups is 1. The van der Waals surface area contributed by atoms with Crippen molar-refractivity contribution in [2.45, 2.75) is 64.6 Å². The number of allylic oxidation sites excluding steroid dienone is 1. The number of quaternary nitrogens is 1. The number of esters is 1. The van der Waals surface area contributed by atoms with E-state index in [2.05, 4.69) is 20.4 Å². The normalized spacial score (nSPS) is 35.2. The third kappa shape index (κ3) is 4.72. The molecule has 3 aliphatic rings. The van der Waals surface area contributed by atoms with Crippen molar-refractivity contribution in [1.82, 2.24) is 0 Å². The highest BCUT2D eigenvalue weighted by atomic mass is 35.5. The van der Waals surface area contributed by atoms with Crippen molar-refractivity contribution in [2.75, 3.05) is 19.6 Å². The number of aliphatic hydroxyl groups is 1. The molecule has 2 N–H and O–H groups in total. The fourth-order valence-corrected chi connectivity index (χ4v) is 6.53. The quantitative estimate of drug-likeness (QED) is 0.481. The summed E-state index contributed by atoms with van der Waals surface area (Å²) in [6.45, 7) is 13.0. The molecule has 1 aromatic rings. The van der Waals surface area contributed by atoms with Crippen LogP contribution >= 0.6 is 0 Å². The van der Waals surface area contributed by atoms with Gasteiger partial charge in [-0.3, -0.25) is 4.79 Å². The van der Waals surface area contributed by atoms with Crippen LogP contribution in [0.4, 0.5) is 0 Å². The van der Waals surface area contributed by atoms with Crippen LogP contribution < -0.4 is 17.3 Å². The van der Waals surface area contributed by atoms with Crippen molar-refractivity contribution >= 4 is 5.97 Å². The van der Waals surface area contributed by atoms with Gasteiger partial charge < -0.3 is 27.2 Å². The summed E-state index contributed by atoms with van der Waals surface area (Å²) in [6, 6.07) is 9.84. The van der Waals surface area contributed by atoms with Crippen molar-refractivity contribution in [1.29, 1.82) is 0 Å². The lowest BCUT2D eigenvalue weighted by Gasteiger charge is -2.50. The Balaban J connectivity index is 0.00000272. The summed E-state index contributed by atoms with van der Waals surface area (Å²) in [4.78, 5) is 14.2. The van der Waals surface area contributed by atoms with Crippen LogP contribution in [0.15, 0.2) is 42.5 Å². The van der Waals surface area contributed by atoms with Crippen LogP contribution in [0.25, 0.3) is 0 Å². The zero-order valence-corrected chi connectivity index (χ0v) is 20.0. The molecule has 4 rings (SSSR count). The van der Waals surface area contributed by atoms with Crippen LogP contribution in [0.3, 0.4) is 0 Å². The number of hydrogen-bond acceptors (Lipinski definition) is 3. The molecule has 4 nitrogen and oxygen atoms in total. The predicted octanol–water partition coefficient (Wildman–Crippen LogP) is 0.117. The van der Waals surface area contributed by atoms with Gasteiger partial charge in [-0.05, 0) is 62.8 Å². The molecule has 1 aromatic carbocycles. The number of fused-ring (bicyclic) bond motifs is 2. The number of hydrogen-bond donors (Lipinski definition) is 2. The molecule has 2 saturated carbocycles. The Kier molecular flexibility index (Phi) is 7.25. The number of carbonyl (C=O) groups excluding carboxylic acids is 1. The second kappa shape index (κ2) is 9.25. The number of rotatable bonds is 6. The second-order valence-corrected chi connectivity index (χ2v) is 10.5. The Hall–Kier alpha value is -1.36. The molecule has 0 spiro atoms. The first-order valence-corrected chi connectivity index (χ1v) is 11.7. The molecule has 0 bridgehead atoms. The van der Waals surface area contributed by atoms with Crippen molar-refractivity contribution < 1.29 is 31.9 Å². The largest absolute Gasteiger partial charge is 1.00 e. The maximum absolute atomic E-state index is 12.9. The summed E-state index contributed by atoms with van der Waals surface area (Å²) in [5.74, 6) is 0.703. The lowest BCUT2D eigenvalue weighted by molar-refractivity contribution is -0.908. The maximum atomic E-state index is 12.9. The molecule has 5 heteroatoms. The van der Waals surface area contributed by atoms with Crippen LogP contribution in [0.2, 0.25) is 0 Å². The zero-order valence-electron chi connectivity index (χ0n) is 19.2. The van der Waals surface area contributed by atoms with E-state index >= 15 is 0 Å². The van der Waals surface area contributed by atoms with Gasteiger partial charge in [0, 0.05) is 5.92 Å². The van der Waals surface area contributed by atoms with E-state index in [1.54, 1.807) is 0 Å². The molecule has 0 amide bonds. The lowest BCUT2D eigenvalue weighted by Crippen LogP contribution is -3.14.